The molecule has 0 spiro atoms. The van der Waals surface area contributed by atoms with Gasteiger partial charge in [-0.3, -0.25) is 0 Å². The van der Waals surface area contributed by atoms with Gasteiger partial charge >= 0.3 is 0 Å². The molecule has 0 aliphatic carbocycles. The van der Waals surface area contributed by atoms with Crippen LogP contribution in [0.25, 0.3) is 0 Å². The average Bonchev–Trinajstić information content (AvgIpc) is 3.31. The van der Waals surface area contributed by atoms with Crippen molar-refractivity contribution in [3.63, 3.8) is 0 Å². The van der Waals surface area contributed by atoms with Crippen LogP contribution in [0.3, 0.4) is 0 Å². The van der Waals surface area contributed by atoms with Crippen molar-refractivity contribution >= 4 is 11.4 Å². The van der Waals surface area contributed by atoms with E-state index in [4.69, 9.17) is 25.7 Å². The first kappa shape index (κ1) is 13.2. The number of hydrogen-bond donors (Lipinski definition) is 3. The van der Waals surface area contributed by atoms with E-state index < -0.39 is 0 Å². The first-order valence-electron chi connectivity index (χ1n) is 7.38. The summed E-state index contributed by atoms with van der Waals surface area (Å²) in [5.41, 5.74) is 15.9. The number of benzene rings is 1. The van der Waals surface area contributed by atoms with Crippen molar-refractivity contribution in [1.82, 2.24) is 0 Å². The molecule has 1 aromatic carbocycles. The van der Waals surface area contributed by atoms with Crippen molar-refractivity contribution in [2.45, 2.75) is 37.6 Å². The first-order valence-corrected chi connectivity index (χ1v) is 7.38. The molecule has 3 saturated heterocycles. The SMILES string of the molecule is Nc1c(N)c(CC2CO2)c(CC2CO2)c(CC2CO2)c1O. The Morgan fingerprint density at radius 3 is 1.67 bits per heavy atom. The van der Waals surface area contributed by atoms with Gasteiger partial charge in [0.25, 0.3) is 0 Å². The van der Waals surface area contributed by atoms with Gasteiger partial charge in [0.15, 0.2) is 0 Å². The topological polar surface area (TPSA) is 110 Å². The molecule has 3 aliphatic heterocycles. The quantitative estimate of drug-likeness (QED) is 0.397. The molecule has 6 heteroatoms. The van der Waals surface area contributed by atoms with Crippen molar-refractivity contribution in [1.29, 1.82) is 0 Å². The fourth-order valence-electron chi connectivity index (χ4n) is 2.88. The molecule has 0 bridgehead atoms. The van der Waals surface area contributed by atoms with Crippen LogP contribution in [0.2, 0.25) is 0 Å². The van der Waals surface area contributed by atoms with Gasteiger partial charge in [0.05, 0.1) is 49.5 Å². The van der Waals surface area contributed by atoms with Crippen molar-refractivity contribution in [2.24, 2.45) is 0 Å². The molecule has 3 unspecified atom stereocenters. The van der Waals surface area contributed by atoms with E-state index in [-0.39, 0.29) is 29.7 Å². The van der Waals surface area contributed by atoms with E-state index in [1.807, 2.05) is 0 Å². The molecular formula is C15H20N2O4. The summed E-state index contributed by atoms with van der Waals surface area (Å²) in [7, 11) is 0. The third-order valence-electron chi connectivity index (χ3n) is 4.39. The Kier molecular flexibility index (Phi) is 2.99. The highest BCUT2D eigenvalue weighted by molar-refractivity contribution is 5.78. The average molecular weight is 292 g/mol. The molecule has 1 aromatic rings. The Morgan fingerprint density at radius 1 is 0.762 bits per heavy atom. The van der Waals surface area contributed by atoms with Crippen LogP contribution in [0, 0.1) is 0 Å². The second-order valence-electron chi connectivity index (χ2n) is 6.09. The smallest absolute Gasteiger partial charge is 0.144 e. The highest BCUT2D eigenvalue weighted by Crippen LogP contribution is 2.42. The lowest BCUT2D eigenvalue weighted by Gasteiger charge is -2.20. The second kappa shape index (κ2) is 4.76. The van der Waals surface area contributed by atoms with E-state index in [1.165, 1.54) is 0 Å². The van der Waals surface area contributed by atoms with Gasteiger partial charge < -0.3 is 30.8 Å². The van der Waals surface area contributed by atoms with Gasteiger partial charge in [-0.15, -0.1) is 0 Å². The van der Waals surface area contributed by atoms with Crippen LogP contribution >= 0.6 is 0 Å². The fourth-order valence-corrected chi connectivity index (χ4v) is 2.88. The van der Waals surface area contributed by atoms with E-state index in [9.17, 15) is 5.11 Å². The van der Waals surface area contributed by atoms with Crippen LogP contribution < -0.4 is 11.5 Å². The summed E-state index contributed by atoms with van der Waals surface area (Å²) in [6, 6.07) is 0. The lowest BCUT2D eigenvalue weighted by Crippen LogP contribution is -2.13. The summed E-state index contributed by atoms with van der Waals surface area (Å²) < 4.78 is 16.0. The van der Waals surface area contributed by atoms with Crippen molar-refractivity contribution in [3.8, 4) is 5.75 Å². The highest BCUT2D eigenvalue weighted by atomic mass is 16.6. The maximum atomic E-state index is 10.4. The Hall–Kier alpha value is -1.50. The van der Waals surface area contributed by atoms with Crippen LogP contribution in [-0.2, 0) is 33.5 Å². The minimum Gasteiger partial charge on any atom is -0.505 e. The summed E-state index contributed by atoms with van der Waals surface area (Å²) in [5, 5.41) is 10.4. The van der Waals surface area contributed by atoms with Gasteiger partial charge in [-0.2, -0.15) is 0 Å². The summed E-state index contributed by atoms with van der Waals surface area (Å²) in [4.78, 5) is 0. The van der Waals surface area contributed by atoms with Crippen molar-refractivity contribution in [2.75, 3.05) is 31.3 Å². The van der Waals surface area contributed by atoms with Crippen molar-refractivity contribution in [3.05, 3.63) is 16.7 Å². The number of phenolic OH excluding ortho intramolecular Hbond substituents is 1. The standard InChI is InChI=1S/C15H20N2O4/c16-13-11(2-8-5-20-8)10(1-7-4-19-7)12(3-9-6-21-9)15(18)14(13)17/h7-9,18H,1-6,16-17H2. The molecule has 6 nitrogen and oxygen atoms in total. The summed E-state index contributed by atoms with van der Waals surface area (Å²) in [6.07, 6.45) is 2.82. The van der Waals surface area contributed by atoms with Crippen LogP contribution in [0.15, 0.2) is 0 Å². The molecule has 114 valence electrons. The Balaban J connectivity index is 1.78. The Bertz CT molecular complexity index is 537. The number of epoxide rings is 3. The van der Waals surface area contributed by atoms with Gasteiger partial charge in [0.1, 0.15) is 5.75 Å². The molecule has 0 aromatic heterocycles. The number of aromatic hydroxyl groups is 1. The zero-order valence-electron chi connectivity index (χ0n) is 11.8. The summed E-state index contributed by atoms with van der Waals surface area (Å²) >= 11 is 0. The fraction of sp³-hybridized carbons (Fsp3) is 0.600. The predicted octanol–water partition coefficient (Wildman–Crippen LogP) is 0.380. The highest BCUT2D eigenvalue weighted by Gasteiger charge is 2.34. The number of nitrogens with two attached hydrogens (primary N) is 2. The number of anilines is 2. The van der Waals surface area contributed by atoms with Gasteiger partial charge in [0, 0.05) is 24.8 Å². The molecule has 21 heavy (non-hydrogen) atoms. The van der Waals surface area contributed by atoms with E-state index in [0.717, 1.165) is 49.4 Å². The molecule has 0 radical (unpaired) electrons. The Morgan fingerprint density at radius 2 is 1.19 bits per heavy atom. The molecule has 3 heterocycles. The van der Waals surface area contributed by atoms with E-state index in [0.29, 0.717) is 12.1 Å². The zero-order chi connectivity index (χ0) is 14.6. The zero-order valence-corrected chi connectivity index (χ0v) is 11.8. The number of nitrogen functional groups attached to an aromatic ring is 2. The first-order chi connectivity index (χ1) is 10.1. The Labute approximate surface area is 123 Å². The predicted molar refractivity (Wildman–Crippen MR) is 77.3 cm³/mol. The molecule has 4 rings (SSSR count). The molecule has 3 fully saturated rings. The minimum atomic E-state index is 0.110. The number of phenols is 1. The lowest BCUT2D eigenvalue weighted by molar-refractivity contribution is 0.393. The van der Waals surface area contributed by atoms with E-state index >= 15 is 0 Å². The van der Waals surface area contributed by atoms with E-state index in [2.05, 4.69) is 0 Å². The summed E-state index contributed by atoms with van der Waals surface area (Å²) in [6.45, 7) is 2.27. The van der Waals surface area contributed by atoms with Crippen LogP contribution in [0.4, 0.5) is 11.4 Å². The molecule has 5 N–H and O–H groups in total. The van der Waals surface area contributed by atoms with Crippen LogP contribution in [0.1, 0.15) is 16.7 Å². The number of hydrogen-bond acceptors (Lipinski definition) is 6. The second-order valence-corrected chi connectivity index (χ2v) is 6.09. The van der Waals surface area contributed by atoms with Gasteiger partial charge in [0.2, 0.25) is 0 Å². The molecular weight excluding hydrogens is 272 g/mol. The van der Waals surface area contributed by atoms with Gasteiger partial charge in [-0.1, -0.05) is 0 Å². The normalized spacial score (nSPS) is 29.4. The van der Waals surface area contributed by atoms with Gasteiger partial charge in [-0.05, 0) is 11.1 Å². The molecule has 3 atom stereocenters. The molecule has 0 amide bonds. The lowest BCUT2D eigenvalue weighted by atomic mass is 9.89. The van der Waals surface area contributed by atoms with E-state index in [1.54, 1.807) is 0 Å². The number of ether oxygens (including phenoxy) is 3. The number of rotatable bonds is 6. The molecule has 0 saturated carbocycles. The minimum absolute atomic E-state index is 0.110. The van der Waals surface area contributed by atoms with Crippen molar-refractivity contribution < 1.29 is 19.3 Å². The van der Waals surface area contributed by atoms with Crippen LogP contribution in [-0.4, -0.2) is 43.2 Å². The maximum absolute atomic E-state index is 10.4. The largest absolute Gasteiger partial charge is 0.505 e. The monoisotopic (exact) mass is 292 g/mol. The van der Waals surface area contributed by atoms with Gasteiger partial charge in [-0.25, -0.2) is 0 Å². The third kappa shape index (κ3) is 2.66. The maximum Gasteiger partial charge on any atom is 0.144 e. The summed E-state index contributed by atoms with van der Waals surface area (Å²) in [5.74, 6) is 0.110. The molecule has 3 aliphatic rings. The van der Waals surface area contributed by atoms with Crippen LogP contribution in [0.5, 0.6) is 5.75 Å². The third-order valence-corrected chi connectivity index (χ3v) is 4.39.